The molecule has 5 nitrogen and oxygen atoms in total. The molecule has 1 amide bonds. The van der Waals surface area contributed by atoms with E-state index in [4.69, 9.17) is 4.74 Å². The SMILES string of the molecule is CS(=O)(=O)C[C@]12CC1CN(C(=O)OCc1ccccc1)C2. The molecule has 1 saturated heterocycles. The minimum atomic E-state index is -3.01. The van der Waals surface area contributed by atoms with Gasteiger partial charge >= 0.3 is 6.09 Å². The number of benzene rings is 1. The van der Waals surface area contributed by atoms with Crippen LogP contribution in [0.5, 0.6) is 0 Å². The number of sulfone groups is 1. The molecule has 2 atom stereocenters. The number of piperidine rings is 1. The lowest BCUT2D eigenvalue weighted by Crippen LogP contribution is -2.33. The highest BCUT2D eigenvalue weighted by Gasteiger charge is 2.62. The van der Waals surface area contributed by atoms with Gasteiger partial charge in [0.2, 0.25) is 0 Å². The zero-order valence-electron chi connectivity index (χ0n) is 12.0. The van der Waals surface area contributed by atoms with Gasteiger partial charge in [0.1, 0.15) is 16.4 Å². The summed E-state index contributed by atoms with van der Waals surface area (Å²) < 4.78 is 28.2. The molecule has 21 heavy (non-hydrogen) atoms. The number of fused-ring (bicyclic) bond motifs is 1. The van der Waals surface area contributed by atoms with E-state index in [9.17, 15) is 13.2 Å². The van der Waals surface area contributed by atoms with Crippen LogP contribution < -0.4 is 0 Å². The predicted molar refractivity (Wildman–Crippen MR) is 78.5 cm³/mol. The van der Waals surface area contributed by atoms with E-state index in [1.807, 2.05) is 30.3 Å². The average Bonchev–Trinajstić information content (AvgIpc) is 2.94. The second kappa shape index (κ2) is 5.02. The zero-order valence-corrected chi connectivity index (χ0v) is 12.8. The van der Waals surface area contributed by atoms with Gasteiger partial charge in [-0.25, -0.2) is 13.2 Å². The first-order valence-corrected chi connectivity index (χ1v) is 9.07. The first-order valence-electron chi connectivity index (χ1n) is 7.01. The van der Waals surface area contributed by atoms with E-state index in [1.165, 1.54) is 6.26 Å². The van der Waals surface area contributed by atoms with Gasteiger partial charge < -0.3 is 9.64 Å². The minimum absolute atomic E-state index is 0.174. The zero-order chi connectivity index (χ0) is 15.1. The number of amides is 1. The first-order chi connectivity index (χ1) is 9.88. The Morgan fingerprint density at radius 3 is 2.76 bits per heavy atom. The van der Waals surface area contributed by atoms with Crippen LogP contribution in [-0.4, -0.2) is 44.5 Å². The molecule has 1 saturated carbocycles. The summed E-state index contributed by atoms with van der Waals surface area (Å²) in [6.07, 6.45) is 1.81. The standard InChI is InChI=1S/C15H19NO4S/c1-21(18,19)11-15-7-13(15)8-16(10-15)14(17)20-9-12-5-3-2-4-6-12/h2-6,13H,7-11H2,1H3/t13?,15-/m1/s1. The van der Waals surface area contributed by atoms with Gasteiger partial charge in [0.25, 0.3) is 0 Å². The summed E-state index contributed by atoms with van der Waals surface area (Å²) in [7, 11) is -3.01. The molecule has 3 rings (SSSR count). The van der Waals surface area contributed by atoms with Gasteiger partial charge in [-0.15, -0.1) is 0 Å². The molecule has 1 aromatic carbocycles. The number of carbonyl (C=O) groups is 1. The maximum Gasteiger partial charge on any atom is 0.410 e. The van der Waals surface area contributed by atoms with Crippen LogP contribution in [0.4, 0.5) is 4.79 Å². The number of carbonyl (C=O) groups excluding carboxylic acids is 1. The van der Waals surface area contributed by atoms with Gasteiger partial charge in [-0.1, -0.05) is 30.3 Å². The van der Waals surface area contributed by atoms with E-state index in [0.29, 0.717) is 19.0 Å². The Morgan fingerprint density at radius 2 is 2.10 bits per heavy atom. The summed E-state index contributed by atoms with van der Waals surface area (Å²) in [4.78, 5) is 13.7. The lowest BCUT2D eigenvalue weighted by molar-refractivity contribution is 0.0985. The number of rotatable bonds is 4. The molecule has 6 heteroatoms. The van der Waals surface area contributed by atoms with E-state index in [1.54, 1.807) is 4.90 Å². The smallest absolute Gasteiger partial charge is 0.410 e. The van der Waals surface area contributed by atoms with E-state index in [-0.39, 0.29) is 23.9 Å². The molecule has 1 aliphatic carbocycles. The third-order valence-corrected chi connectivity index (χ3v) is 5.42. The molecule has 0 aromatic heterocycles. The van der Waals surface area contributed by atoms with Crippen molar-refractivity contribution >= 4 is 15.9 Å². The number of hydrogen-bond donors (Lipinski definition) is 0. The third kappa shape index (κ3) is 3.20. The molecule has 2 fully saturated rings. The molecule has 114 valence electrons. The number of nitrogens with zero attached hydrogens (tertiary/aromatic N) is 1. The van der Waals surface area contributed by atoms with Crippen LogP contribution in [0.25, 0.3) is 0 Å². The van der Waals surface area contributed by atoms with Crippen LogP contribution in [0, 0.1) is 11.3 Å². The molecule has 1 aliphatic heterocycles. The predicted octanol–water partition coefficient (Wildman–Crippen LogP) is 1.69. The van der Waals surface area contributed by atoms with Crippen molar-refractivity contribution in [1.29, 1.82) is 0 Å². The molecule has 0 radical (unpaired) electrons. The van der Waals surface area contributed by atoms with Gasteiger partial charge in [-0.2, -0.15) is 0 Å². The second-order valence-corrected chi connectivity index (χ2v) is 8.39. The monoisotopic (exact) mass is 309 g/mol. The largest absolute Gasteiger partial charge is 0.445 e. The maximum absolute atomic E-state index is 12.0. The Bertz CT molecular complexity index is 643. The van der Waals surface area contributed by atoms with Crippen LogP contribution in [0.2, 0.25) is 0 Å². The fourth-order valence-electron chi connectivity index (χ4n) is 3.29. The van der Waals surface area contributed by atoms with E-state index in [2.05, 4.69) is 0 Å². The topological polar surface area (TPSA) is 63.7 Å². The average molecular weight is 309 g/mol. The summed E-state index contributed by atoms with van der Waals surface area (Å²) in [5.41, 5.74) is 0.736. The van der Waals surface area contributed by atoms with Gasteiger partial charge in [0, 0.05) is 24.8 Å². The van der Waals surface area contributed by atoms with Crippen LogP contribution in [0.1, 0.15) is 12.0 Å². The molecule has 0 bridgehead atoms. The van der Waals surface area contributed by atoms with Crippen molar-refractivity contribution in [1.82, 2.24) is 4.90 Å². The number of ether oxygens (including phenoxy) is 1. The van der Waals surface area contributed by atoms with Crippen molar-refractivity contribution in [2.75, 3.05) is 25.1 Å². The highest BCUT2D eigenvalue weighted by atomic mass is 32.2. The minimum Gasteiger partial charge on any atom is -0.445 e. The van der Waals surface area contributed by atoms with Crippen molar-refractivity contribution in [2.45, 2.75) is 13.0 Å². The molecule has 0 spiro atoms. The second-order valence-electron chi connectivity index (χ2n) is 6.25. The van der Waals surface area contributed by atoms with E-state index < -0.39 is 9.84 Å². The van der Waals surface area contributed by atoms with Gasteiger partial charge in [0.05, 0.1) is 5.75 Å². The summed E-state index contributed by atoms with van der Waals surface area (Å²) >= 11 is 0. The molecule has 1 unspecified atom stereocenters. The van der Waals surface area contributed by atoms with Gasteiger partial charge in [-0.05, 0) is 17.9 Å². The molecule has 1 aromatic rings. The third-order valence-electron chi connectivity index (χ3n) is 4.32. The lowest BCUT2D eigenvalue weighted by Gasteiger charge is -2.20. The number of likely N-dealkylation sites (tertiary alicyclic amines) is 1. The Labute approximate surface area is 124 Å². The van der Waals surface area contributed by atoms with Gasteiger partial charge in [0.15, 0.2) is 0 Å². The lowest BCUT2D eigenvalue weighted by atomic mass is 10.1. The molecule has 1 heterocycles. The van der Waals surface area contributed by atoms with Gasteiger partial charge in [-0.3, -0.25) is 0 Å². The van der Waals surface area contributed by atoms with Crippen molar-refractivity contribution in [3.8, 4) is 0 Å². The molecule has 0 N–H and O–H groups in total. The van der Waals surface area contributed by atoms with Crippen LogP contribution in [0.3, 0.4) is 0 Å². The van der Waals surface area contributed by atoms with Crippen LogP contribution in [-0.2, 0) is 21.2 Å². The molecular weight excluding hydrogens is 290 g/mol. The maximum atomic E-state index is 12.0. The molecular formula is C15H19NO4S. The summed E-state index contributed by atoms with van der Waals surface area (Å²) in [5.74, 6) is 0.490. The van der Waals surface area contributed by atoms with E-state index in [0.717, 1.165) is 12.0 Å². The summed E-state index contributed by atoms with van der Waals surface area (Å²) in [6.45, 7) is 1.36. The van der Waals surface area contributed by atoms with Crippen LogP contribution >= 0.6 is 0 Å². The number of hydrogen-bond acceptors (Lipinski definition) is 4. The Balaban J connectivity index is 1.54. The summed E-state index contributed by atoms with van der Waals surface area (Å²) in [6, 6.07) is 9.51. The van der Waals surface area contributed by atoms with Crippen molar-refractivity contribution in [3.63, 3.8) is 0 Å². The van der Waals surface area contributed by atoms with Crippen molar-refractivity contribution in [2.24, 2.45) is 11.3 Å². The van der Waals surface area contributed by atoms with E-state index >= 15 is 0 Å². The quantitative estimate of drug-likeness (QED) is 0.849. The molecule has 2 aliphatic rings. The Kier molecular flexibility index (Phi) is 3.43. The van der Waals surface area contributed by atoms with Crippen molar-refractivity contribution < 1.29 is 17.9 Å². The fourth-order valence-corrected chi connectivity index (χ4v) is 4.78. The summed E-state index contributed by atoms with van der Waals surface area (Å²) in [5, 5.41) is 0. The Morgan fingerprint density at radius 1 is 1.38 bits per heavy atom. The normalized spacial score (nSPS) is 27.3. The van der Waals surface area contributed by atoms with Crippen LogP contribution in [0.15, 0.2) is 30.3 Å². The first kappa shape index (κ1) is 14.4. The fraction of sp³-hybridized carbons (Fsp3) is 0.533. The van der Waals surface area contributed by atoms with Crippen molar-refractivity contribution in [3.05, 3.63) is 35.9 Å². The highest BCUT2D eigenvalue weighted by Crippen LogP contribution is 2.58. The Hall–Kier alpha value is -1.56. The highest BCUT2D eigenvalue weighted by molar-refractivity contribution is 7.90.